The molecule has 1 aromatic heterocycles. The van der Waals surface area contributed by atoms with Crippen LogP contribution in [0.5, 0.6) is 0 Å². The molecule has 7 nitrogen and oxygen atoms in total. The van der Waals surface area contributed by atoms with Crippen molar-refractivity contribution in [2.45, 2.75) is 20.3 Å². The molecule has 2 aromatic rings. The van der Waals surface area contributed by atoms with Gasteiger partial charge >= 0.3 is 0 Å². The molecule has 1 saturated heterocycles. The number of amides is 1. The molecule has 1 fully saturated rings. The van der Waals surface area contributed by atoms with Gasteiger partial charge in [-0.3, -0.25) is 9.79 Å². The summed E-state index contributed by atoms with van der Waals surface area (Å²) in [5.74, 6) is 1.16. The summed E-state index contributed by atoms with van der Waals surface area (Å²) in [6, 6.07) is 6.07. The highest BCUT2D eigenvalue weighted by Gasteiger charge is 2.20. The third kappa shape index (κ3) is 6.41. The van der Waals surface area contributed by atoms with Crippen molar-refractivity contribution in [3.63, 3.8) is 0 Å². The van der Waals surface area contributed by atoms with Gasteiger partial charge < -0.3 is 19.5 Å². The first-order valence-electron chi connectivity index (χ1n) is 9.56. The second kappa shape index (κ2) is 11.1. The first-order valence-corrected chi connectivity index (χ1v) is 9.56. The van der Waals surface area contributed by atoms with Crippen LogP contribution in [0.1, 0.15) is 19.5 Å². The fourth-order valence-electron chi connectivity index (χ4n) is 3.08. The van der Waals surface area contributed by atoms with Crippen molar-refractivity contribution < 1.29 is 13.6 Å². The lowest BCUT2D eigenvalue weighted by molar-refractivity contribution is -0.130. The monoisotopic (exact) mass is 515 g/mol. The van der Waals surface area contributed by atoms with Crippen molar-refractivity contribution in [1.82, 2.24) is 20.1 Å². The SMILES string of the molecule is CCNC(=NCCc1coc(-c2ccc(F)cc2)n1)N1CCN(C(C)=O)CC1.I. The van der Waals surface area contributed by atoms with E-state index in [1.165, 1.54) is 12.1 Å². The number of rotatable bonds is 5. The lowest BCUT2D eigenvalue weighted by atomic mass is 10.2. The fourth-order valence-corrected chi connectivity index (χ4v) is 3.08. The van der Waals surface area contributed by atoms with E-state index in [4.69, 9.17) is 9.41 Å². The van der Waals surface area contributed by atoms with Gasteiger partial charge in [-0.2, -0.15) is 0 Å². The van der Waals surface area contributed by atoms with E-state index in [-0.39, 0.29) is 35.7 Å². The Labute approximate surface area is 187 Å². The lowest BCUT2D eigenvalue weighted by Crippen LogP contribution is -2.53. The van der Waals surface area contributed by atoms with Gasteiger partial charge in [0.2, 0.25) is 11.8 Å². The van der Waals surface area contributed by atoms with E-state index < -0.39 is 0 Å². The van der Waals surface area contributed by atoms with Gasteiger partial charge in [-0.05, 0) is 31.2 Å². The maximum atomic E-state index is 13.0. The quantitative estimate of drug-likeness (QED) is 0.377. The number of benzene rings is 1. The number of hydrogen-bond acceptors (Lipinski definition) is 4. The molecule has 1 aliphatic rings. The van der Waals surface area contributed by atoms with Crippen LogP contribution in [0.4, 0.5) is 4.39 Å². The zero-order chi connectivity index (χ0) is 19.9. The largest absolute Gasteiger partial charge is 0.444 e. The number of aliphatic imine (C=N–C) groups is 1. The van der Waals surface area contributed by atoms with Crippen molar-refractivity contribution in [2.24, 2.45) is 4.99 Å². The van der Waals surface area contributed by atoms with Crippen molar-refractivity contribution in [1.29, 1.82) is 0 Å². The van der Waals surface area contributed by atoms with Crippen LogP contribution < -0.4 is 5.32 Å². The van der Waals surface area contributed by atoms with E-state index in [1.807, 2.05) is 11.8 Å². The Bertz CT molecular complexity index is 817. The number of aromatic nitrogens is 1. The minimum Gasteiger partial charge on any atom is -0.444 e. The number of halogens is 2. The average molecular weight is 515 g/mol. The highest BCUT2D eigenvalue weighted by molar-refractivity contribution is 14.0. The first-order chi connectivity index (χ1) is 13.6. The molecule has 158 valence electrons. The second-order valence-electron chi connectivity index (χ2n) is 6.63. The van der Waals surface area contributed by atoms with Gasteiger partial charge in [0.1, 0.15) is 12.1 Å². The van der Waals surface area contributed by atoms with Gasteiger partial charge in [-0.15, -0.1) is 24.0 Å². The fraction of sp³-hybridized carbons (Fsp3) is 0.450. The number of nitrogens with one attached hydrogen (secondary N) is 1. The molecule has 0 bridgehead atoms. The first kappa shape index (κ1) is 23.1. The lowest BCUT2D eigenvalue weighted by Gasteiger charge is -2.36. The number of guanidine groups is 1. The molecule has 0 unspecified atom stereocenters. The van der Waals surface area contributed by atoms with Gasteiger partial charge in [0.05, 0.1) is 5.69 Å². The standard InChI is InChI=1S/C20H26FN5O2.HI/c1-3-22-20(26-12-10-25(11-13-26)15(2)27)23-9-8-18-14-28-19(24-18)16-4-6-17(21)7-5-16;/h4-7,14H,3,8-13H2,1-2H3,(H,22,23);1H. The molecular formula is C20H27FIN5O2. The summed E-state index contributed by atoms with van der Waals surface area (Å²) in [7, 11) is 0. The van der Waals surface area contributed by atoms with Crippen LogP contribution in [0.3, 0.4) is 0 Å². The third-order valence-corrected chi connectivity index (χ3v) is 4.63. The Hall–Kier alpha value is -2.17. The zero-order valence-electron chi connectivity index (χ0n) is 16.7. The van der Waals surface area contributed by atoms with Crippen LogP contribution >= 0.6 is 24.0 Å². The summed E-state index contributed by atoms with van der Waals surface area (Å²) in [5, 5.41) is 3.31. The molecule has 0 aliphatic carbocycles. The predicted octanol–water partition coefficient (Wildman–Crippen LogP) is 2.77. The molecule has 1 aliphatic heterocycles. The molecule has 0 spiro atoms. The van der Waals surface area contributed by atoms with Crippen LogP contribution in [0, 0.1) is 5.82 Å². The summed E-state index contributed by atoms with van der Waals surface area (Å²) in [6.07, 6.45) is 2.26. The van der Waals surface area contributed by atoms with Crippen LogP contribution in [0.15, 0.2) is 39.9 Å². The number of hydrogen-bond donors (Lipinski definition) is 1. The molecule has 0 atom stereocenters. The molecule has 0 radical (unpaired) electrons. The summed E-state index contributed by atoms with van der Waals surface area (Å²) in [5.41, 5.74) is 1.55. The number of oxazole rings is 1. The van der Waals surface area contributed by atoms with E-state index in [2.05, 4.69) is 15.2 Å². The minimum absolute atomic E-state index is 0. The molecule has 2 heterocycles. The molecule has 0 saturated carbocycles. The van der Waals surface area contributed by atoms with Gasteiger partial charge in [0.25, 0.3) is 0 Å². The van der Waals surface area contributed by atoms with Gasteiger partial charge in [-0.25, -0.2) is 9.37 Å². The highest BCUT2D eigenvalue weighted by Crippen LogP contribution is 2.19. The Morgan fingerprint density at radius 2 is 1.86 bits per heavy atom. The molecule has 3 rings (SSSR count). The average Bonchev–Trinajstić information content (AvgIpc) is 3.17. The van der Waals surface area contributed by atoms with Crippen LogP contribution in [0.2, 0.25) is 0 Å². The zero-order valence-corrected chi connectivity index (χ0v) is 19.1. The predicted molar refractivity (Wildman–Crippen MR) is 121 cm³/mol. The van der Waals surface area contributed by atoms with E-state index >= 15 is 0 Å². The maximum absolute atomic E-state index is 13.0. The van der Waals surface area contributed by atoms with Gasteiger partial charge in [-0.1, -0.05) is 0 Å². The normalized spacial score (nSPS) is 14.5. The van der Waals surface area contributed by atoms with Crippen molar-refractivity contribution in [3.8, 4) is 11.5 Å². The maximum Gasteiger partial charge on any atom is 0.226 e. The molecule has 1 N–H and O–H groups in total. The summed E-state index contributed by atoms with van der Waals surface area (Å²) in [4.78, 5) is 24.7. The summed E-state index contributed by atoms with van der Waals surface area (Å²) >= 11 is 0. The number of nitrogens with zero attached hydrogens (tertiary/aromatic N) is 4. The third-order valence-electron chi connectivity index (χ3n) is 4.63. The molecule has 9 heteroatoms. The number of carbonyl (C=O) groups is 1. The van der Waals surface area contributed by atoms with E-state index in [1.54, 1.807) is 25.3 Å². The van der Waals surface area contributed by atoms with E-state index in [0.29, 0.717) is 31.9 Å². The van der Waals surface area contributed by atoms with Crippen molar-refractivity contribution >= 4 is 35.8 Å². The Kier molecular flexibility index (Phi) is 8.87. The highest BCUT2D eigenvalue weighted by atomic mass is 127. The summed E-state index contributed by atoms with van der Waals surface area (Å²) in [6.45, 7) is 7.96. The second-order valence-corrected chi connectivity index (χ2v) is 6.63. The smallest absolute Gasteiger partial charge is 0.226 e. The molecule has 29 heavy (non-hydrogen) atoms. The Balaban J connectivity index is 0.00000300. The van der Waals surface area contributed by atoms with Crippen LogP contribution in [-0.4, -0.2) is 65.9 Å². The van der Waals surface area contributed by atoms with Crippen molar-refractivity contribution in [2.75, 3.05) is 39.3 Å². The molecule has 1 aromatic carbocycles. The molecule has 1 amide bonds. The van der Waals surface area contributed by atoms with Crippen molar-refractivity contribution in [3.05, 3.63) is 42.0 Å². The van der Waals surface area contributed by atoms with E-state index in [9.17, 15) is 9.18 Å². The van der Waals surface area contributed by atoms with Crippen LogP contribution in [0.25, 0.3) is 11.5 Å². The Morgan fingerprint density at radius 3 is 2.48 bits per heavy atom. The topological polar surface area (TPSA) is 74.0 Å². The minimum atomic E-state index is -0.287. The van der Waals surface area contributed by atoms with Crippen LogP contribution in [-0.2, 0) is 11.2 Å². The van der Waals surface area contributed by atoms with Gasteiger partial charge in [0.15, 0.2) is 5.96 Å². The van der Waals surface area contributed by atoms with Gasteiger partial charge in [0, 0.05) is 58.2 Å². The number of carbonyl (C=O) groups excluding carboxylic acids is 1. The molecular weight excluding hydrogens is 488 g/mol. The Morgan fingerprint density at radius 1 is 1.21 bits per heavy atom. The summed E-state index contributed by atoms with van der Waals surface area (Å²) < 4.78 is 18.5. The van der Waals surface area contributed by atoms with E-state index in [0.717, 1.165) is 36.9 Å². The number of piperazine rings is 1.